The summed E-state index contributed by atoms with van der Waals surface area (Å²) in [4.78, 5) is 0. The Bertz CT molecular complexity index is 30.6. The van der Waals surface area contributed by atoms with Crippen molar-refractivity contribution >= 4 is 11.6 Å². The number of rotatable bonds is 0. The zero-order valence-corrected chi connectivity index (χ0v) is 5.16. The molecule has 0 unspecified atom stereocenters. The van der Waals surface area contributed by atoms with Crippen LogP contribution in [0.25, 0.3) is 0 Å². The van der Waals surface area contributed by atoms with Crippen molar-refractivity contribution < 1.29 is 39.4 Å². The van der Waals surface area contributed by atoms with E-state index in [1.165, 1.54) is 0 Å². The summed E-state index contributed by atoms with van der Waals surface area (Å²) in [5.74, 6) is 0. The molecule has 2 nitrogen and oxygen atoms in total. The summed E-state index contributed by atoms with van der Waals surface area (Å²) in [6.45, 7) is 0. The average molecular weight is 89.1 g/mol. The predicted octanol–water partition coefficient (Wildman–Crippen LogP) is -3.39. The summed E-state index contributed by atoms with van der Waals surface area (Å²) in [7, 11) is 0. The summed E-state index contributed by atoms with van der Waals surface area (Å²) < 4.78 is 16.7. The van der Waals surface area contributed by atoms with Gasteiger partial charge in [-0.05, 0) is 0 Å². The van der Waals surface area contributed by atoms with Crippen LogP contribution in [0.4, 0.5) is 0 Å². The van der Waals surface area contributed by atoms with Crippen LogP contribution in [-0.4, -0.2) is 0 Å². The van der Waals surface area contributed by atoms with Gasteiger partial charge in [0, 0.05) is 0 Å². The average Bonchev–Trinajstić information content (AvgIpc) is 0.918. The number of thiol groups is 1. The first-order chi connectivity index (χ1) is 1.41. The molecule has 0 aliphatic rings. The molecule has 0 aromatic carbocycles. The van der Waals surface area contributed by atoms with E-state index in [2.05, 4.69) is 0 Å². The van der Waals surface area contributed by atoms with Gasteiger partial charge in [-0.25, -0.2) is 0 Å². The van der Waals surface area contributed by atoms with Crippen molar-refractivity contribution in [3.8, 4) is 0 Å². The molecule has 0 aliphatic carbocycles. The van der Waals surface area contributed by atoms with Gasteiger partial charge in [0.05, 0.1) is 0 Å². The van der Waals surface area contributed by atoms with Gasteiger partial charge in [-0.1, -0.05) is 11.6 Å². The van der Waals surface area contributed by atoms with Gasteiger partial charge in [0.15, 0.2) is 0 Å². The third-order valence-corrected chi connectivity index (χ3v) is 0. The summed E-state index contributed by atoms with van der Waals surface area (Å²) in [6.07, 6.45) is 0. The standard InChI is InChI=1S/Na.HO2S.H/c;1-3-2;/h;3H;/q+1;2*-1. The molecule has 0 bridgehead atoms. The topological polar surface area (TPSA) is 34.1 Å². The second-order valence-corrected chi connectivity index (χ2v) is 0.224. The number of hydrogen-bond acceptors (Lipinski definition) is 3. The molecule has 0 aromatic heterocycles. The second-order valence-electron chi connectivity index (χ2n) is 0.0745. The van der Waals surface area contributed by atoms with Crippen LogP contribution in [0.3, 0.4) is 0 Å². The van der Waals surface area contributed by atoms with Gasteiger partial charge in [-0.3, -0.25) is 0 Å². The first kappa shape index (κ1) is 8.87. The van der Waals surface area contributed by atoms with Gasteiger partial charge in [-0.15, -0.1) is 0 Å². The summed E-state index contributed by atoms with van der Waals surface area (Å²) in [5, 5.41) is 0. The maximum atomic E-state index is 8.35. The predicted molar refractivity (Wildman–Crippen MR) is 11.2 cm³/mol. The minimum atomic E-state index is -1.08. The molecule has 0 spiro atoms. The molecule has 0 aliphatic heterocycles. The third-order valence-electron chi connectivity index (χ3n) is 0. The van der Waals surface area contributed by atoms with Gasteiger partial charge in [-0.2, -0.15) is 0 Å². The quantitative estimate of drug-likeness (QED) is 0.176. The molecule has 0 heterocycles. The fraction of sp³-hybridized carbons (Fsp3) is 0. The Balaban J connectivity index is -0.0000000200. The van der Waals surface area contributed by atoms with E-state index in [-0.39, 0.29) is 31.0 Å². The van der Waals surface area contributed by atoms with E-state index >= 15 is 0 Å². The van der Waals surface area contributed by atoms with Crippen LogP contribution in [0.5, 0.6) is 0 Å². The smallest absolute Gasteiger partial charge is 1.00 e. The van der Waals surface area contributed by atoms with E-state index in [4.69, 9.17) is 8.42 Å². The van der Waals surface area contributed by atoms with Crippen LogP contribution in [0.1, 0.15) is 1.43 Å². The van der Waals surface area contributed by atoms with E-state index in [0.29, 0.717) is 0 Å². The SMILES string of the molecule is O=[SH-]=O.[H-].[Na+]. The van der Waals surface area contributed by atoms with Gasteiger partial charge in [0.25, 0.3) is 0 Å². The van der Waals surface area contributed by atoms with Crippen LogP contribution in [0.15, 0.2) is 0 Å². The van der Waals surface area contributed by atoms with E-state index < -0.39 is 11.6 Å². The van der Waals surface area contributed by atoms with Crippen molar-refractivity contribution in [2.75, 3.05) is 0 Å². The minimum Gasteiger partial charge on any atom is -1.00 e. The molecule has 0 saturated carbocycles. The molecule has 0 aromatic rings. The molecule has 0 rings (SSSR count). The first-order valence-electron chi connectivity index (χ1n) is 0.365. The van der Waals surface area contributed by atoms with E-state index in [0.717, 1.165) is 0 Å². The van der Waals surface area contributed by atoms with Crippen LogP contribution < -0.4 is 29.6 Å². The van der Waals surface area contributed by atoms with Gasteiger partial charge >= 0.3 is 29.6 Å². The molecule has 0 radical (unpaired) electrons. The van der Waals surface area contributed by atoms with Crippen molar-refractivity contribution in [2.45, 2.75) is 0 Å². The third kappa shape index (κ3) is 12.4. The molecule has 4 heavy (non-hydrogen) atoms. The van der Waals surface area contributed by atoms with Crippen LogP contribution in [-0.2, 0) is 20.0 Å². The molecular formula is H2NaO2S-. The number of hydrogen-bond donors (Lipinski definition) is 0. The summed E-state index contributed by atoms with van der Waals surface area (Å²) >= 11 is -1.08. The Labute approximate surface area is 51.0 Å². The Kier molecular flexibility index (Phi) is 20.1. The molecule has 0 atom stereocenters. The molecule has 22 valence electrons. The van der Waals surface area contributed by atoms with Crippen LogP contribution >= 0.6 is 0 Å². The largest absolute Gasteiger partial charge is 1.00 e. The Morgan fingerprint density at radius 1 is 1.50 bits per heavy atom. The molecule has 0 saturated heterocycles. The van der Waals surface area contributed by atoms with Crippen molar-refractivity contribution in [1.82, 2.24) is 0 Å². The molecule has 0 amide bonds. The molecule has 4 heteroatoms. The summed E-state index contributed by atoms with van der Waals surface area (Å²) in [5.41, 5.74) is 0. The molecular weight excluding hydrogens is 87.1 g/mol. The van der Waals surface area contributed by atoms with Crippen molar-refractivity contribution in [2.24, 2.45) is 0 Å². The normalized spacial score (nSPS) is 4.00. The van der Waals surface area contributed by atoms with Gasteiger partial charge < -0.3 is 9.84 Å². The fourth-order valence-corrected chi connectivity index (χ4v) is 0. The Morgan fingerprint density at radius 3 is 1.50 bits per heavy atom. The van der Waals surface area contributed by atoms with E-state index in [1.54, 1.807) is 0 Å². The Morgan fingerprint density at radius 2 is 1.50 bits per heavy atom. The van der Waals surface area contributed by atoms with Gasteiger partial charge in [0.1, 0.15) is 0 Å². The van der Waals surface area contributed by atoms with E-state index in [1.807, 2.05) is 0 Å². The zero-order valence-electron chi connectivity index (χ0n) is 3.26. The monoisotopic (exact) mass is 89.0 g/mol. The Hall–Kier alpha value is 0.950. The zero-order chi connectivity index (χ0) is 2.71. The van der Waals surface area contributed by atoms with Gasteiger partial charge in [0.2, 0.25) is 0 Å². The molecule has 0 fully saturated rings. The maximum absolute atomic E-state index is 8.35. The van der Waals surface area contributed by atoms with E-state index in [9.17, 15) is 0 Å². The summed E-state index contributed by atoms with van der Waals surface area (Å²) in [6, 6.07) is 0. The van der Waals surface area contributed by atoms with Crippen molar-refractivity contribution in [1.29, 1.82) is 0 Å². The maximum Gasteiger partial charge on any atom is 1.00 e. The van der Waals surface area contributed by atoms with Crippen molar-refractivity contribution in [3.63, 3.8) is 0 Å². The molecule has 0 N–H and O–H groups in total. The first-order valence-corrected chi connectivity index (χ1v) is 1.10. The van der Waals surface area contributed by atoms with Crippen molar-refractivity contribution in [3.05, 3.63) is 0 Å². The fourth-order valence-electron chi connectivity index (χ4n) is 0. The van der Waals surface area contributed by atoms with Crippen LogP contribution in [0.2, 0.25) is 0 Å². The second kappa shape index (κ2) is 9.04. The minimum absolute atomic E-state index is 0. The van der Waals surface area contributed by atoms with Crippen LogP contribution in [0, 0.1) is 0 Å².